The van der Waals surface area contributed by atoms with Crippen LogP contribution in [0.4, 0.5) is 18.9 Å². The largest absolute Gasteiger partial charge is 0.453 e. The molecule has 146 valence electrons. The molecule has 1 aliphatic rings. The average molecular weight is 381 g/mol. The van der Waals surface area contributed by atoms with Crippen molar-refractivity contribution < 1.29 is 22.5 Å². The molecule has 0 aliphatic carbocycles. The third kappa shape index (κ3) is 4.68. The Labute approximate surface area is 155 Å². The Bertz CT molecular complexity index is 800. The molecule has 5 nitrogen and oxygen atoms in total. The fraction of sp³-hybridized carbons (Fsp3) is 0.474. The van der Waals surface area contributed by atoms with Gasteiger partial charge in [0.2, 0.25) is 0 Å². The van der Waals surface area contributed by atoms with E-state index in [2.05, 4.69) is 26.8 Å². The van der Waals surface area contributed by atoms with Crippen LogP contribution < -0.4 is 5.32 Å². The van der Waals surface area contributed by atoms with Crippen LogP contribution in [0, 0.1) is 12.8 Å². The Morgan fingerprint density at radius 3 is 2.67 bits per heavy atom. The maximum absolute atomic E-state index is 12.9. The minimum atomic E-state index is -4.77. The number of carbonyl (C=O) groups excluding carboxylic acids is 1. The molecule has 0 radical (unpaired) electrons. The topological polar surface area (TPSA) is 58.4 Å². The zero-order valence-electron chi connectivity index (χ0n) is 15.3. The summed E-state index contributed by atoms with van der Waals surface area (Å²) in [5, 5.41) is 5.75. The second kappa shape index (κ2) is 7.72. The first-order valence-corrected chi connectivity index (χ1v) is 8.90. The number of rotatable bonds is 4. The van der Waals surface area contributed by atoms with E-state index < -0.39 is 23.4 Å². The Hall–Kier alpha value is -2.35. The number of nitrogens with one attached hydrogen (secondary N) is 1. The maximum atomic E-state index is 12.9. The quantitative estimate of drug-likeness (QED) is 0.848. The lowest BCUT2D eigenvalue weighted by Crippen LogP contribution is -2.33. The Morgan fingerprint density at radius 2 is 2.04 bits per heavy atom. The summed E-state index contributed by atoms with van der Waals surface area (Å²) >= 11 is 0. The molecule has 2 aromatic rings. The van der Waals surface area contributed by atoms with Crippen molar-refractivity contribution in [1.82, 2.24) is 10.1 Å². The molecule has 0 saturated carbocycles. The van der Waals surface area contributed by atoms with E-state index in [-0.39, 0.29) is 5.69 Å². The number of amides is 1. The van der Waals surface area contributed by atoms with E-state index in [1.54, 1.807) is 12.1 Å². The van der Waals surface area contributed by atoms with E-state index in [1.807, 2.05) is 12.1 Å². The summed E-state index contributed by atoms with van der Waals surface area (Å²) < 4.78 is 43.1. The molecule has 0 bridgehead atoms. The standard InChI is InChI=1S/C19H22F3N3O2/c1-12-4-3-9-25(10-12)11-14-5-7-15(8-6-14)23-18(26)16-13(2)24-27-17(16)19(20,21)22/h5-8,12H,3-4,9-11H2,1-2H3,(H,23,26)/t12-/m1/s1. The van der Waals surface area contributed by atoms with Crippen LogP contribution in [0.5, 0.6) is 0 Å². The van der Waals surface area contributed by atoms with Crippen LogP contribution in [0.15, 0.2) is 28.8 Å². The number of alkyl halides is 3. The smallest absolute Gasteiger partial charge is 0.351 e. The van der Waals surface area contributed by atoms with Gasteiger partial charge in [-0.05, 0) is 49.9 Å². The number of benzene rings is 1. The van der Waals surface area contributed by atoms with Gasteiger partial charge >= 0.3 is 6.18 Å². The molecule has 1 aliphatic heterocycles. The Morgan fingerprint density at radius 1 is 1.33 bits per heavy atom. The summed E-state index contributed by atoms with van der Waals surface area (Å²) in [6.07, 6.45) is -2.33. The number of carbonyl (C=O) groups is 1. The van der Waals surface area contributed by atoms with Crippen LogP contribution in [-0.2, 0) is 12.7 Å². The number of aryl methyl sites for hydroxylation is 1. The zero-order valence-corrected chi connectivity index (χ0v) is 15.3. The molecular formula is C19H22F3N3O2. The minimum Gasteiger partial charge on any atom is -0.351 e. The first kappa shape index (κ1) is 19.4. The van der Waals surface area contributed by atoms with E-state index in [1.165, 1.54) is 19.8 Å². The van der Waals surface area contributed by atoms with Crippen molar-refractivity contribution in [2.24, 2.45) is 5.92 Å². The number of piperidine rings is 1. The Balaban J connectivity index is 1.67. The summed E-state index contributed by atoms with van der Waals surface area (Å²) in [5.74, 6) is -1.58. The molecule has 1 atom stereocenters. The molecule has 27 heavy (non-hydrogen) atoms. The van der Waals surface area contributed by atoms with Crippen molar-refractivity contribution in [3.63, 3.8) is 0 Å². The van der Waals surface area contributed by atoms with Crippen LogP contribution >= 0.6 is 0 Å². The van der Waals surface area contributed by atoms with Crippen molar-refractivity contribution in [3.8, 4) is 0 Å². The van der Waals surface area contributed by atoms with Crippen molar-refractivity contribution in [3.05, 3.63) is 46.8 Å². The molecule has 1 N–H and O–H groups in total. The summed E-state index contributed by atoms with van der Waals surface area (Å²) in [6, 6.07) is 7.13. The molecule has 8 heteroatoms. The van der Waals surface area contributed by atoms with Crippen molar-refractivity contribution in [1.29, 1.82) is 0 Å². The number of aromatic nitrogens is 1. The maximum Gasteiger partial charge on any atom is 0.453 e. The SMILES string of the molecule is Cc1noc(C(F)(F)F)c1C(=O)Nc1ccc(CN2CCC[C@@H](C)C2)cc1. The van der Waals surface area contributed by atoms with Gasteiger partial charge < -0.3 is 9.84 Å². The van der Waals surface area contributed by atoms with E-state index in [4.69, 9.17) is 0 Å². The van der Waals surface area contributed by atoms with Crippen molar-refractivity contribution in [2.45, 2.75) is 39.4 Å². The van der Waals surface area contributed by atoms with Gasteiger partial charge in [0.05, 0.1) is 5.69 Å². The van der Waals surface area contributed by atoms with E-state index >= 15 is 0 Å². The van der Waals surface area contributed by atoms with E-state index in [0.29, 0.717) is 11.6 Å². The molecule has 2 heterocycles. The van der Waals surface area contributed by atoms with Gasteiger partial charge in [-0.2, -0.15) is 13.2 Å². The van der Waals surface area contributed by atoms with Gasteiger partial charge in [0, 0.05) is 18.8 Å². The second-order valence-electron chi connectivity index (χ2n) is 7.10. The van der Waals surface area contributed by atoms with Gasteiger partial charge in [-0.15, -0.1) is 0 Å². The monoisotopic (exact) mass is 381 g/mol. The highest BCUT2D eigenvalue weighted by molar-refractivity contribution is 6.05. The summed E-state index contributed by atoms with van der Waals surface area (Å²) in [4.78, 5) is 14.7. The molecule has 1 amide bonds. The summed E-state index contributed by atoms with van der Waals surface area (Å²) in [5.41, 5.74) is 0.827. The molecule has 1 fully saturated rings. The lowest BCUT2D eigenvalue weighted by Gasteiger charge is -2.30. The van der Waals surface area contributed by atoms with Gasteiger partial charge in [-0.25, -0.2) is 0 Å². The lowest BCUT2D eigenvalue weighted by atomic mass is 10.00. The first-order chi connectivity index (χ1) is 12.7. The summed E-state index contributed by atoms with van der Waals surface area (Å²) in [7, 11) is 0. The van der Waals surface area contributed by atoms with Crippen LogP contribution in [0.25, 0.3) is 0 Å². The van der Waals surface area contributed by atoms with Crippen LogP contribution in [0.1, 0.15) is 47.1 Å². The van der Waals surface area contributed by atoms with Crippen LogP contribution in [0.3, 0.4) is 0 Å². The minimum absolute atomic E-state index is 0.101. The molecular weight excluding hydrogens is 359 g/mol. The van der Waals surface area contributed by atoms with Gasteiger partial charge in [0.15, 0.2) is 0 Å². The van der Waals surface area contributed by atoms with Gasteiger partial charge in [-0.3, -0.25) is 9.69 Å². The second-order valence-corrected chi connectivity index (χ2v) is 7.10. The van der Waals surface area contributed by atoms with E-state index in [0.717, 1.165) is 25.2 Å². The number of anilines is 1. The molecule has 1 saturated heterocycles. The van der Waals surface area contributed by atoms with Crippen LogP contribution in [-0.4, -0.2) is 29.1 Å². The normalized spacial score (nSPS) is 18.5. The van der Waals surface area contributed by atoms with Gasteiger partial charge in [-0.1, -0.05) is 24.2 Å². The predicted molar refractivity (Wildman–Crippen MR) is 94.3 cm³/mol. The number of halogens is 3. The highest BCUT2D eigenvalue weighted by Gasteiger charge is 2.42. The first-order valence-electron chi connectivity index (χ1n) is 8.90. The molecule has 1 aromatic carbocycles. The predicted octanol–water partition coefficient (Wildman–Crippen LogP) is 4.49. The highest BCUT2D eigenvalue weighted by atomic mass is 19.4. The Kier molecular flexibility index (Phi) is 5.55. The number of nitrogens with zero attached hydrogens (tertiary/aromatic N) is 2. The number of likely N-dealkylation sites (tertiary alicyclic amines) is 1. The summed E-state index contributed by atoms with van der Waals surface area (Å²) in [6.45, 7) is 6.49. The van der Waals surface area contributed by atoms with Crippen molar-refractivity contribution in [2.75, 3.05) is 18.4 Å². The highest BCUT2D eigenvalue weighted by Crippen LogP contribution is 2.33. The van der Waals surface area contributed by atoms with Gasteiger partial charge in [0.1, 0.15) is 5.56 Å². The third-order valence-electron chi connectivity index (χ3n) is 4.71. The molecule has 3 rings (SSSR count). The van der Waals surface area contributed by atoms with E-state index in [9.17, 15) is 18.0 Å². The molecule has 1 aromatic heterocycles. The molecule has 0 spiro atoms. The number of hydrogen-bond acceptors (Lipinski definition) is 4. The third-order valence-corrected chi connectivity index (χ3v) is 4.71. The van der Waals surface area contributed by atoms with Gasteiger partial charge in [0.25, 0.3) is 11.7 Å². The zero-order chi connectivity index (χ0) is 19.6. The fourth-order valence-electron chi connectivity index (χ4n) is 3.41. The fourth-order valence-corrected chi connectivity index (χ4v) is 3.41. The molecule has 0 unspecified atom stereocenters. The van der Waals surface area contributed by atoms with Crippen molar-refractivity contribution >= 4 is 11.6 Å². The lowest BCUT2D eigenvalue weighted by molar-refractivity contribution is -0.155. The van der Waals surface area contributed by atoms with Crippen LogP contribution in [0.2, 0.25) is 0 Å². The number of hydrogen-bond donors (Lipinski definition) is 1. The average Bonchev–Trinajstić information content (AvgIpc) is 2.99.